The fourth-order valence-electron chi connectivity index (χ4n) is 1.67. The number of aromatic nitrogens is 2. The first kappa shape index (κ1) is 13.9. The first-order valence-corrected chi connectivity index (χ1v) is 7.43. The van der Waals surface area contributed by atoms with E-state index < -0.39 is 10.8 Å². The molecule has 17 heavy (non-hydrogen) atoms. The number of rotatable bonds is 6. The summed E-state index contributed by atoms with van der Waals surface area (Å²) in [6.07, 6.45) is 4.98. The maximum absolute atomic E-state index is 11.1. The highest BCUT2D eigenvalue weighted by Gasteiger charge is 2.11. The SMILES string of the molecule is CCCc1c(N)ncnc1NC(C)CS(C)=O. The Labute approximate surface area is 105 Å². The molecule has 0 aromatic carbocycles. The fraction of sp³-hybridized carbons (Fsp3) is 0.636. The average Bonchev–Trinajstić information content (AvgIpc) is 2.22. The van der Waals surface area contributed by atoms with Gasteiger partial charge in [-0.05, 0) is 13.3 Å². The third-order valence-electron chi connectivity index (χ3n) is 2.35. The van der Waals surface area contributed by atoms with Crippen LogP contribution >= 0.6 is 0 Å². The number of hydrogen-bond donors (Lipinski definition) is 2. The Morgan fingerprint density at radius 1 is 1.53 bits per heavy atom. The maximum Gasteiger partial charge on any atom is 0.134 e. The van der Waals surface area contributed by atoms with Crippen LogP contribution in [0.5, 0.6) is 0 Å². The van der Waals surface area contributed by atoms with E-state index in [0.29, 0.717) is 11.6 Å². The predicted molar refractivity (Wildman–Crippen MR) is 72.5 cm³/mol. The lowest BCUT2D eigenvalue weighted by atomic mass is 10.1. The van der Waals surface area contributed by atoms with Crippen molar-refractivity contribution < 1.29 is 4.21 Å². The molecule has 0 fully saturated rings. The zero-order valence-corrected chi connectivity index (χ0v) is 11.4. The van der Waals surface area contributed by atoms with Gasteiger partial charge in [-0.25, -0.2) is 9.97 Å². The van der Waals surface area contributed by atoms with Crippen LogP contribution in [-0.2, 0) is 17.2 Å². The molecule has 0 saturated heterocycles. The van der Waals surface area contributed by atoms with Gasteiger partial charge in [0.05, 0.1) is 0 Å². The molecule has 0 radical (unpaired) electrons. The van der Waals surface area contributed by atoms with E-state index in [1.165, 1.54) is 6.33 Å². The topological polar surface area (TPSA) is 80.9 Å². The van der Waals surface area contributed by atoms with Gasteiger partial charge in [0.25, 0.3) is 0 Å². The summed E-state index contributed by atoms with van der Waals surface area (Å²) in [5, 5.41) is 3.24. The molecule has 1 heterocycles. The van der Waals surface area contributed by atoms with Crippen LogP contribution in [0.25, 0.3) is 0 Å². The highest BCUT2D eigenvalue weighted by Crippen LogP contribution is 2.19. The van der Waals surface area contributed by atoms with Crippen LogP contribution in [0.1, 0.15) is 25.8 Å². The Balaban J connectivity index is 2.82. The number of hydrogen-bond acceptors (Lipinski definition) is 5. The van der Waals surface area contributed by atoms with E-state index in [4.69, 9.17) is 5.73 Å². The summed E-state index contributed by atoms with van der Waals surface area (Å²) >= 11 is 0. The van der Waals surface area contributed by atoms with Crippen molar-refractivity contribution in [2.45, 2.75) is 32.7 Å². The van der Waals surface area contributed by atoms with E-state index in [2.05, 4.69) is 22.2 Å². The molecular weight excluding hydrogens is 236 g/mol. The van der Waals surface area contributed by atoms with Crippen molar-refractivity contribution in [3.8, 4) is 0 Å². The van der Waals surface area contributed by atoms with E-state index in [0.717, 1.165) is 24.2 Å². The molecule has 0 spiro atoms. The molecule has 0 bridgehead atoms. The lowest BCUT2D eigenvalue weighted by molar-refractivity contribution is 0.682. The normalized spacial score (nSPS) is 14.3. The van der Waals surface area contributed by atoms with Gasteiger partial charge in [-0.3, -0.25) is 4.21 Å². The number of nitrogens with one attached hydrogen (secondary N) is 1. The van der Waals surface area contributed by atoms with Crippen LogP contribution in [0, 0.1) is 0 Å². The lowest BCUT2D eigenvalue weighted by Gasteiger charge is -2.16. The molecule has 6 heteroatoms. The molecule has 5 nitrogen and oxygen atoms in total. The van der Waals surface area contributed by atoms with E-state index in [9.17, 15) is 4.21 Å². The highest BCUT2D eigenvalue weighted by atomic mass is 32.2. The van der Waals surface area contributed by atoms with E-state index >= 15 is 0 Å². The zero-order valence-electron chi connectivity index (χ0n) is 10.6. The van der Waals surface area contributed by atoms with Gasteiger partial charge >= 0.3 is 0 Å². The van der Waals surface area contributed by atoms with Crippen molar-refractivity contribution >= 4 is 22.4 Å². The number of nitrogens with zero attached hydrogens (tertiary/aromatic N) is 2. The van der Waals surface area contributed by atoms with Crippen LogP contribution in [-0.4, -0.2) is 32.2 Å². The summed E-state index contributed by atoms with van der Waals surface area (Å²) in [6, 6.07) is 0.103. The van der Waals surface area contributed by atoms with E-state index in [1.807, 2.05) is 6.92 Å². The standard InChI is InChI=1S/C11H20N4OS/c1-4-5-9-10(12)13-7-14-11(9)15-8(2)6-17(3)16/h7-8H,4-6H2,1-3H3,(H3,12,13,14,15). The monoisotopic (exact) mass is 256 g/mol. The molecule has 96 valence electrons. The second-order valence-corrected chi connectivity index (χ2v) is 5.60. The van der Waals surface area contributed by atoms with Crippen LogP contribution in [0.4, 0.5) is 11.6 Å². The van der Waals surface area contributed by atoms with Gasteiger partial charge in [0.1, 0.15) is 18.0 Å². The first-order chi connectivity index (χ1) is 8.04. The molecule has 1 aromatic rings. The minimum atomic E-state index is -0.822. The van der Waals surface area contributed by atoms with Gasteiger partial charge in [0.15, 0.2) is 0 Å². The van der Waals surface area contributed by atoms with Crippen molar-refractivity contribution in [2.24, 2.45) is 0 Å². The molecule has 0 aliphatic heterocycles. The molecule has 0 saturated carbocycles. The van der Waals surface area contributed by atoms with Crippen LogP contribution in [0.15, 0.2) is 6.33 Å². The van der Waals surface area contributed by atoms with Crippen molar-refractivity contribution in [2.75, 3.05) is 23.1 Å². The van der Waals surface area contributed by atoms with Crippen molar-refractivity contribution in [1.82, 2.24) is 9.97 Å². The molecule has 0 amide bonds. The number of anilines is 2. The van der Waals surface area contributed by atoms with Gasteiger partial charge in [-0.1, -0.05) is 13.3 Å². The maximum atomic E-state index is 11.1. The predicted octanol–water partition coefficient (Wildman–Crippen LogP) is 1.19. The number of nitrogens with two attached hydrogens (primary N) is 1. The summed E-state index contributed by atoms with van der Waals surface area (Å²) in [6.45, 7) is 4.07. The van der Waals surface area contributed by atoms with Crippen LogP contribution < -0.4 is 11.1 Å². The smallest absolute Gasteiger partial charge is 0.134 e. The Morgan fingerprint density at radius 3 is 2.82 bits per heavy atom. The Morgan fingerprint density at radius 2 is 2.24 bits per heavy atom. The molecule has 0 aliphatic rings. The first-order valence-electron chi connectivity index (χ1n) is 5.70. The molecule has 3 N–H and O–H groups in total. The fourth-order valence-corrected chi connectivity index (χ4v) is 2.46. The minimum Gasteiger partial charge on any atom is -0.383 e. The molecule has 2 atom stereocenters. The van der Waals surface area contributed by atoms with Crippen molar-refractivity contribution in [3.63, 3.8) is 0 Å². The van der Waals surface area contributed by atoms with Crippen molar-refractivity contribution in [3.05, 3.63) is 11.9 Å². The highest BCUT2D eigenvalue weighted by molar-refractivity contribution is 7.84. The lowest BCUT2D eigenvalue weighted by Crippen LogP contribution is -2.24. The summed E-state index contributed by atoms with van der Waals surface area (Å²) in [4.78, 5) is 8.20. The Kier molecular flexibility index (Phi) is 5.34. The van der Waals surface area contributed by atoms with E-state index in [1.54, 1.807) is 6.26 Å². The Bertz CT molecular complexity index is 397. The largest absolute Gasteiger partial charge is 0.383 e. The number of nitrogen functional groups attached to an aromatic ring is 1. The van der Waals surface area contributed by atoms with Crippen LogP contribution in [0.3, 0.4) is 0 Å². The second kappa shape index (κ2) is 6.54. The second-order valence-electron chi connectivity index (χ2n) is 4.12. The summed E-state index contributed by atoms with van der Waals surface area (Å²) < 4.78 is 11.1. The Hall–Kier alpha value is -1.17. The molecule has 1 aromatic heterocycles. The molecular formula is C11H20N4OS. The van der Waals surface area contributed by atoms with Crippen LogP contribution in [0.2, 0.25) is 0 Å². The molecule has 1 rings (SSSR count). The molecule has 0 aliphatic carbocycles. The summed E-state index contributed by atoms with van der Waals surface area (Å²) in [5.74, 6) is 1.88. The van der Waals surface area contributed by atoms with Crippen molar-refractivity contribution in [1.29, 1.82) is 0 Å². The van der Waals surface area contributed by atoms with Gasteiger partial charge < -0.3 is 11.1 Å². The molecule has 2 unspecified atom stereocenters. The van der Waals surface area contributed by atoms with E-state index in [-0.39, 0.29) is 6.04 Å². The van der Waals surface area contributed by atoms with Gasteiger partial charge in [0, 0.05) is 34.4 Å². The van der Waals surface area contributed by atoms with Gasteiger partial charge in [-0.2, -0.15) is 0 Å². The average molecular weight is 256 g/mol. The van der Waals surface area contributed by atoms with Gasteiger partial charge in [0.2, 0.25) is 0 Å². The quantitative estimate of drug-likeness (QED) is 0.799. The van der Waals surface area contributed by atoms with Gasteiger partial charge in [-0.15, -0.1) is 0 Å². The summed E-state index contributed by atoms with van der Waals surface area (Å²) in [7, 11) is -0.822. The minimum absolute atomic E-state index is 0.103. The third kappa shape index (κ3) is 4.30. The zero-order chi connectivity index (χ0) is 12.8. The third-order valence-corrected chi connectivity index (χ3v) is 3.32. The summed E-state index contributed by atoms with van der Waals surface area (Å²) in [5.41, 5.74) is 6.78.